The summed E-state index contributed by atoms with van der Waals surface area (Å²) in [6, 6.07) is 0.507. The summed E-state index contributed by atoms with van der Waals surface area (Å²) in [4.78, 5) is 4.76. The lowest BCUT2D eigenvalue weighted by atomic mass is 9.51. The number of hydrogen-bond donors (Lipinski definition) is 2. The highest BCUT2D eigenvalue weighted by atomic mass is 16.5. The zero-order chi connectivity index (χ0) is 17.5. The number of aliphatic imine (C=N–C) groups is 1. The van der Waals surface area contributed by atoms with Crippen LogP contribution in [0.15, 0.2) is 17.6 Å². The van der Waals surface area contributed by atoms with Gasteiger partial charge in [-0.3, -0.25) is 4.99 Å². The molecule has 2 N–H and O–H groups in total. The van der Waals surface area contributed by atoms with Gasteiger partial charge in [0, 0.05) is 37.7 Å². The van der Waals surface area contributed by atoms with Crippen molar-refractivity contribution in [3.63, 3.8) is 0 Å². The van der Waals surface area contributed by atoms with Crippen LogP contribution in [-0.2, 0) is 11.3 Å². The molecule has 2 atom stereocenters. The second-order valence-corrected chi connectivity index (χ2v) is 7.13. The van der Waals surface area contributed by atoms with Crippen LogP contribution in [0.5, 0.6) is 0 Å². The standard InChI is InChI=1S/C18H32N6O/c1-3-19-17(20-10-5-6-11-24-13-21-22-14-24)23-15-12-16(25-4-2)18(15)8-7-9-18/h13-16H,3-12H2,1-2H3,(H2,19,20,23). The van der Waals surface area contributed by atoms with E-state index in [4.69, 9.17) is 9.73 Å². The molecule has 3 rings (SSSR count). The molecule has 7 nitrogen and oxygen atoms in total. The fourth-order valence-electron chi connectivity index (χ4n) is 4.06. The molecule has 0 bridgehead atoms. The number of guanidine groups is 1. The second-order valence-electron chi connectivity index (χ2n) is 7.13. The van der Waals surface area contributed by atoms with Gasteiger partial charge in [0.25, 0.3) is 0 Å². The second kappa shape index (κ2) is 8.65. The molecule has 0 aliphatic heterocycles. The number of aromatic nitrogens is 3. The minimum atomic E-state index is 0.362. The lowest BCUT2D eigenvalue weighted by Crippen LogP contribution is -2.68. The Kier molecular flexibility index (Phi) is 6.29. The van der Waals surface area contributed by atoms with E-state index in [-0.39, 0.29) is 0 Å². The highest BCUT2D eigenvalue weighted by molar-refractivity contribution is 5.80. The van der Waals surface area contributed by atoms with E-state index in [0.29, 0.717) is 17.6 Å². The minimum absolute atomic E-state index is 0.362. The van der Waals surface area contributed by atoms with Crippen LogP contribution in [0.4, 0.5) is 0 Å². The van der Waals surface area contributed by atoms with Gasteiger partial charge in [0.15, 0.2) is 5.96 Å². The monoisotopic (exact) mass is 348 g/mol. The number of nitrogens with one attached hydrogen (secondary N) is 2. The van der Waals surface area contributed by atoms with Crippen molar-refractivity contribution >= 4 is 5.96 Å². The molecule has 0 amide bonds. The molecule has 2 aliphatic carbocycles. The van der Waals surface area contributed by atoms with E-state index < -0.39 is 0 Å². The molecular formula is C18H32N6O. The Morgan fingerprint density at radius 1 is 1.28 bits per heavy atom. The molecule has 1 heterocycles. The molecule has 1 aromatic rings. The van der Waals surface area contributed by atoms with Gasteiger partial charge in [0.05, 0.1) is 6.10 Å². The normalized spacial score (nSPS) is 24.6. The van der Waals surface area contributed by atoms with Crippen molar-refractivity contribution in [2.75, 3.05) is 19.7 Å². The third-order valence-corrected chi connectivity index (χ3v) is 5.65. The minimum Gasteiger partial charge on any atom is -0.378 e. The van der Waals surface area contributed by atoms with Crippen LogP contribution in [0.1, 0.15) is 52.4 Å². The van der Waals surface area contributed by atoms with E-state index in [1.54, 1.807) is 12.7 Å². The molecule has 1 spiro atoms. The van der Waals surface area contributed by atoms with Gasteiger partial charge in [0.1, 0.15) is 12.7 Å². The predicted molar refractivity (Wildman–Crippen MR) is 98.5 cm³/mol. The van der Waals surface area contributed by atoms with Gasteiger partial charge in [-0.2, -0.15) is 0 Å². The molecule has 140 valence electrons. The summed E-state index contributed by atoms with van der Waals surface area (Å²) in [6.07, 6.45) is 11.1. The Labute approximate surface area is 150 Å². The molecule has 0 radical (unpaired) electrons. The van der Waals surface area contributed by atoms with Crippen molar-refractivity contribution in [1.82, 2.24) is 25.4 Å². The summed E-state index contributed by atoms with van der Waals surface area (Å²) in [5.41, 5.74) is 0.362. The first-order valence-corrected chi connectivity index (χ1v) is 9.77. The van der Waals surface area contributed by atoms with Crippen molar-refractivity contribution in [3.05, 3.63) is 12.7 Å². The van der Waals surface area contributed by atoms with Crippen LogP contribution in [0.3, 0.4) is 0 Å². The molecule has 25 heavy (non-hydrogen) atoms. The van der Waals surface area contributed by atoms with Crippen molar-refractivity contribution in [2.24, 2.45) is 10.4 Å². The summed E-state index contributed by atoms with van der Waals surface area (Å²) >= 11 is 0. The fourth-order valence-corrected chi connectivity index (χ4v) is 4.06. The quantitative estimate of drug-likeness (QED) is 0.405. The molecule has 1 aromatic heterocycles. The number of aryl methyl sites for hydroxylation is 1. The molecule has 2 fully saturated rings. The van der Waals surface area contributed by atoms with Crippen molar-refractivity contribution < 1.29 is 4.74 Å². The number of hydrogen-bond acceptors (Lipinski definition) is 4. The van der Waals surface area contributed by atoms with Gasteiger partial charge in [-0.25, -0.2) is 0 Å². The number of nitrogens with zero attached hydrogens (tertiary/aromatic N) is 4. The van der Waals surface area contributed by atoms with E-state index in [1.165, 1.54) is 19.3 Å². The summed E-state index contributed by atoms with van der Waals surface area (Å²) in [5.74, 6) is 0.957. The molecular weight excluding hydrogens is 316 g/mol. The van der Waals surface area contributed by atoms with Gasteiger partial charge in [-0.15, -0.1) is 10.2 Å². The largest absolute Gasteiger partial charge is 0.378 e. The zero-order valence-corrected chi connectivity index (χ0v) is 15.6. The van der Waals surface area contributed by atoms with Crippen LogP contribution in [0, 0.1) is 5.41 Å². The number of rotatable bonds is 9. The molecule has 2 saturated carbocycles. The lowest BCUT2D eigenvalue weighted by molar-refractivity contribution is -0.168. The third-order valence-electron chi connectivity index (χ3n) is 5.65. The van der Waals surface area contributed by atoms with E-state index in [0.717, 1.165) is 51.5 Å². The van der Waals surface area contributed by atoms with Crippen molar-refractivity contribution in [1.29, 1.82) is 0 Å². The molecule has 2 aliphatic rings. The zero-order valence-electron chi connectivity index (χ0n) is 15.6. The summed E-state index contributed by atoms with van der Waals surface area (Å²) < 4.78 is 7.95. The summed E-state index contributed by atoms with van der Waals surface area (Å²) in [5, 5.41) is 14.7. The fraction of sp³-hybridized carbons (Fsp3) is 0.833. The first-order valence-electron chi connectivity index (χ1n) is 9.77. The van der Waals surface area contributed by atoms with E-state index >= 15 is 0 Å². The topological polar surface area (TPSA) is 76.4 Å². The van der Waals surface area contributed by atoms with Gasteiger partial charge in [-0.05, 0) is 46.0 Å². The van der Waals surface area contributed by atoms with Crippen LogP contribution >= 0.6 is 0 Å². The Morgan fingerprint density at radius 3 is 2.72 bits per heavy atom. The SMILES string of the molecule is CCNC(=NCCCCn1cnnc1)NC1CC(OCC)C12CCC2. The summed E-state index contributed by atoms with van der Waals surface area (Å²) in [6.45, 7) is 7.71. The maximum atomic E-state index is 5.94. The summed E-state index contributed by atoms with van der Waals surface area (Å²) in [7, 11) is 0. The van der Waals surface area contributed by atoms with Crippen LogP contribution in [0.2, 0.25) is 0 Å². The van der Waals surface area contributed by atoms with E-state index in [9.17, 15) is 0 Å². The number of ether oxygens (including phenoxy) is 1. The van der Waals surface area contributed by atoms with Crippen LogP contribution < -0.4 is 10.6 Å². The van der Waals surface area contributed by atoms with Gasteiger partial charge >= 0.3 is 0 Å². The predicted octanol–water partition coefficient (Wildman–Crippen LogP) is 1.96. The Balaban J connectivity index is 1.44. The Morgan fingerprint density at radius 2 is 2.08 bits per heavy atom. The van der Waals surface area contributed by atoms with Gasteiger partial charge in [0.2, 0.25) is 0 Å². The van der Waals surface area contributed by atoms with E-state index in [2.05, 4.69) is 34.7 Å². The molecule has 0 saturated heterocycles. The highest BCUT2D eigenvalue weighted by Gasteiger charge is 2.59. The maximum absolute atomic E-state index is 5.94. The molecule has 0 aromatic carbocycles. The van der Waals surface area contributed by atoms with Crippen molar-refractivity contribution in [3.8, 4) is 0 Å². The van der Waals surface area contributed by atoms with Gasteiger partial charge < -0.3 is 19.9 Å². The van der Waals surface area contributed by atoms with Crippen LogP contribution in [0.25, 0.3) is 0 Å². The van der Waals surface area contributed by atoms with E-state index in [1.807, 2.05) is 4.57 Å². The Hall–Kier alpha value is -1.63. The molecule has 2 unspecified atom stereocenters. The highest BCUT2D eigenvalue weighted by Crippen LogP contribution is 2.57. The van der Waals surface area contributed by atoms with Crippen LogP contribution in [-0.4, -0.2) is 52.6 Å². The average Bonchev–Trinajstić information content (AvgIpc) is 3.05. The van der Waals surface area contributed by atoms with Gasteiger partial charge in [-0.1, -0.05) is 6.42 Å². The maximum Gasteiger partial charge on any atom is 0.191 e. The van der Waals surface area contributed by atoms with Crippen molar-refractivity contribution in [2.45, 2.75) is 71.1 Å². The third kappa shape index (κ3) is 4.14. The first-order chi connectivity index (χ1) is 12.3. The lowest BCUT2D eigenvalue weighted by Gasteiger charge is -2.61. The smallest absolute Gasteiger partial charge is 0.191 e. The molecule has 7 heteroatoms. The first kappa shape index (κ1) is 18.2. The Bertz CT molecular complexity index is 540. The average molecular weight is 348 g/mol. The number of unbranched alkanes of at least 4 members (excludes halogenated alkanes) is 1.